The number of carboxylic acids is 1. The van der Waals surface area contributed by atoms with Crippen LogP contribution in [0, 0.1) is 0 Å². The summed E-state index contributed by atoms with van der Waals surface area (Å²) >= 11 is 5.90. The van der Waals surface area contributed by atoms with E-state index in [4.69, 9.17) is 16.7 Å². The average Bonchev–Trinajstić information content (AvgIpc) is 2.26. The van der Waals surface area contributed by atoms with Crippen LogP contribution in [0.15, 0.2) is 24.3 Å². The van der Waals surface area contributed by atoms with E-state index in [-0.39, 0.29) is 6.54 Å². The van der Waals surface area contributed by atoms with Crippen LogP contribution >= 0.6 is 11.6 Å². The lowest BCUT2D eigenvalue weighted by molar-refractivity contribution is -0.138. The Morgan fingerprint density at radius 3 is 2.76 bits per heavy atom. The zero-order chi connectivity index (χ0) is 12.7. The summed E-state index contributed by atoms with van der Waals surface area (Å²) in [4.78, 5) is 12.6. The molecule has 0 spiro atoms. The van der Waals surface area contributed by atoms with Crippen molar-refractivity contribution in [1.82, 2.24) is 4.90 Å². The van der Waals surface area contributed by atoms with Crippen LogP contribution in [0.5, 0.6) is 0 Å². The molecule has 0 fully saturated rings. The Balaban J connectivity index is 2.48. The first-order valence-corrected chi connectivity index (χ1v) is 6.18. The van der Waals surface area contributed by atoms with Gasteiger partial charge in [0.15, 0.2) is 0 Å². The molecule has 1 aromatic carbocycles. The zero-order valence-corrected chi connectivity index (χ0v) is 10.8. The number of aliphatic carboxylic acids is 1. The van der Waals surface area contributed by atoms with Crippen LogP contribution in [0.1, 0.15) is 18.9 Å². The molecule has 3 nitrogen and oxygen atoms in total. The number of rotatable bonds is 7. The third-order valence-corrected chi connectivity index (χ3v) is 2.74. The summed E-state index contributed by atoms with van der Waals surface area (Å²) < 4.78 is 0. The molecule has 0 radical (unpaired) electrons. The molecule has 0 amide bonds. The highest BCUT2D eigenvalue weighted by atomic mass is 35.5. The topological polar surface area (TPSA) is 40.5 Å². The number of hydrogen-bond donors (Lipinski definition) is 1. The molecule has 0 heterocycles. The van der Waals surface area contributed by atoms with Gasteiger partial charge in [-0.1, -0.05) is 30.7 Å². The molecular formula is C13H18ClNO2. The molecular weight excluding hydrogens is 238 g/mol. The largest absolute Gasteiger partial charge is 0.480 e. The summed E-state index contributed by atoms with van der Waals surface area (Å²) in [5.74, 6) is -0.774. The lowest BCUT2D eigenvalue weighted by Gasteiger charge is -2.19. The molecule has 0 aromatic heterocycles. The van der Waals surface area contributed by atoms with E-state index >= 15 is 0 Å². The van der Waals surface area contributed by atoms with Crippen molar-refractivity contribution >= 4 is 17.6 Å². The first-order chi connectivity index (χ1) is 8.11. The van der Waals surface area contributed by atoms with Crippen molar-refractivity contribution in [1.29, 1.82) is 0 Å². The first kappa shape index (κ1) is 14.0. The second kappa shape index (κ2) is 7.30. The van der Waals surface area contributed by atoms with Crippen LogP contribution in [0.2, 0.25) is 5.02 Å². The fourth-order valence-corrected chi connectivity index (χ4v) is 1.97. The lowest BCUT2D eigenvalue weighted by Crippen LogP contribution is -2.32. The van der Waals surface area contributed by atoms with Crippen LogP contribution in [0.4, 0.5) is 0 Å². The van der Waals surface area contributed by atoms with Crippen molar-refractivity contribution in [2.75, 3.05) is 19.6 Å². The second-order valence-corrected chi connectivity index (χ2v) is 4.49. The molecule has 1 N–H and O–H groups in total. The van der Waals surface area contributed by atoms with E-state index in [0.29, 0.717) is 0 Å². The first-order valence-electron chi connectivity index (χ1n) is 5.80. The summed E-state index contributed by atoms with van der Waals surface area (Å²) in [6.45, 7) is 3.72. The maximum Gasteiger partial charge on any atom is 0.317 e. The number of benzene rings is 1. The summed E-state index contributed by atoms with van der Waals surface area (Å²) in [6, 6.07) is 7.69. The molecule has 0 bridgehead atoms. The Labute approximate surface area is 107 Å². The molecule has 0 saturated carbocycles. The van der Waals surface area contributed by atoms with Crippen molar-refractivity contribution in [2.24, 2.45) is 0 Å². The molecule has 0 aliphatic rings. The highest BCUT2D eigenvalue weighted by Crippen LogP contribution is 2.11. The lowest BCUT2D eigenvalue weighted by atomic mass is 10.1. The molecule has 17 heavy (non-hydrogen) atoms. The minimum Gasteiger partial charge on any atom is -0.480 e. The molecule has 0 aliphatic carbocycles. The minimum atomic E-state index is -0.774. The molecule has 94 valence electrons. The number of hydrogen-bond acceptors (Lipinski definition) is 2. The molecule has 1 rings (SSSR count). The molecule has 0 atom stereocenters. The zero-order valence-electron chi connectivity index (χ0n) is 10.0. The van der Waals surface area contributed by atoms with Crippen LogP contribution in [0.25, 0.3) is 0 Å². The number of carbonyl (C=O) groups is 1. The quantitative estimate of drug-likeness (QED) is 0.814. The Hall–Kier alpha value is -1.06. The van der Waals surface area contributed by atoms with Gasteiger partial charge < -0.3 is 5.11 Å². The summed E-state index contributed by atoms with van der Waals surface area (Å²) in [7, 11) is 0. The normalized spacial score (nSPS) is 10.8. The monoisotopic (exact) mass is 255 g/mol. The number of nitrogens with zero attached hydrogens (tertiary/aromatic N) is 1. The van der Waals surface area contributed by atoms with Gasteiger partial charge in [-0.2, -0.15) is 0 Å². The van der Waals surface area contributed by atoms with Crippen LogP contribution < -0.4 is 0 Å². The summed E-state index contributed by atoms with van der Waals surface area (Å²) in [5.41, 5.74) is 1.14. The van der Waals surface area contributed by atoms with Crippen molar-refractivity contribution in [2.45, 2.75) is 19.8 Å². The van der Waals surface area contributed by atoms with Gasteiger partial charge in [-0.05, 0) is 37.1 Å². The molecule has 0 saturated heterocycles. The van der Waals surface area contributed by atoms with E-state index in [9.17, 15) is 4.79 Å². The number of carboxylic acid groups (broad SMARTS) is 1. The van der Waals surface area contributed by atoms with Gasteiger partial charge in [-0.3, -0.25) is 9.69 Å². The predicted molar refractivity (Wildman–Crippen MR) is 69.5 cm³/mol. The minimum absolute atomic E-state index is 0.106. The Morgan fingerprint density at radius 1 is 1.41 bits per heavy atom. The van der Waals surface area contributed by atoms with E-state index in [1.165, 1.54) is 0 Å². The van der Waals surface area contributed by atoms with E-state index in [1.54, 1.807) is 0 Å². The van der Waals surface area contributed by atoms with E-state index in [1.807, 2.05) is 36.1 Å². The van der Waals surface area contributed by atoms with Crippen molar-refractivity contribution in [3.05, 3.63) is 34.9 Å². The number of halogens is 1. The van der Waals surface area contributed by atoms with Gasteiger partial charge in [0.1, 0.15) is 0 Å². The summed E-state index contributed by atoms with van der Waals surface area (Å²) in [5, 5.41) is 9.51. The SMILES string of the molecule is CCCN(CCc1cccc(Cl)c1)CC(=O)O. The van der Waals surface area contributed by atoms with E-state index in [2.05, 4.69) is 0 Å². The van der Waals surface area contributed by atoms with Gasteiger partial charge in [-0.25, -0.2) is 0 Å². The van der Waals surface area contributed by atoms with Gasteiger partial charge in [0.25, 0.3) is 0 Å². The highest BCUT2D eigenvalue weighted by molar-refractivity contribution is 6.30. The van der Waals surface area contributed by atoms with Gasteiger partial charge in [0, 0.05) is 11.6 Å². The molecule has 0 unspecified atom stereocenters. The van der Waals surface area contributed by atoms with Crippen LogP contribution in [-0.2, 0) is 11.2 Å². The maximum atomic E-state index is 10.7. The Kier molecular flexibility index (Phi) is 6.01. The van der Waals surface area contributed by atoms with Gasteiger partial charge >= 0.3 is 5.97 Å². The average molecular weight is 256 g/mol. The predicted octanol–water partition coefficient (Wildman–Crippen LogP) is 2.68. The van der Waals surface area contributed by atoms with Crippen LogP contribution in [-0.4, -0.2) is 35.6 Å². The smallest absolute Gasteiger partial charge is 0.317 e. The Bertz CT molecular complexity index is 368. The molecule has 4 heteroatoms. The van der Waals surface area contributed by atoms with Gasteiger partial charge in [0.2, 0.25) is 0 Å². The standard InChI is InChI=1S/C13H18ClNO2/c1-2-7-15(10-13(16)17)8-6-11-4-3-5-12(14)9-11/h3-5,9H,2,6-8,10H2,1H3,(H,16,17). The third kappa shape index (κ3) is 5.71. The van der Waals surface area contributed by atoms with E-state index < -0.39 is 5.97 Å². The maximum absolute atomic E-state index is 10.7. The third-order valence-electron chi connectivity index (χ3n) is 2.50. The van der Waals surface area contributed by atoms with Gasteiger partial charge in [0.05, 0.1) is 6.54 Å². The fourth-order valence-electron chi connectivity index (χ4n) is 1.76. The van der Waals surface area contributed by atoms with Crippen molar-refractivity contribution in [3.8, 4) is 0 Å². The van der Waals surface area contributed by atoms with Gasteiger partial charge in [-0.15, -0.1) is 0 Å². The van der Waals surface area contributed by atoms with Crippen molar-refractivity contribution in [3.63, 3.8) is 0 Å². The highest BCUT2D eigenvalue weighted by Gasteiger charge is 2.08. The molecule has 0 aliphatic heterocycles. The second-order valence-electron chi connectivity index (χ2n) is 4.05. The van der Waals surface area contributed by atoms with Crippen LogP contribution in [0.3, 0.4) is 0 Å². The fraction of sp³-hybridized carbons (Fsp3) is 0.462. The van der Waals surface area contributed by atoms with Crippen molar-refractivity contribution < 1.29 is 9.90 Å². The molecule has 1 aromatic rings. The summed E-state index contributed by atoms with van der Waals surface area (Å²) in [6.07, 6.45) is 1.79. The Morgan fingerprint density at radius 2 is 2.18 bits per heavy atom. The van der Waals surface area contributed by atoms with E-state index in [0.717, 1.165) is 36.5 Å².